The summed E-state index contributed by atoms with van der Waals surface area (Å²) in [6.07, 6.45) is 0. The number of nitrogens with one attached hydrogen (secondary N) is 1. The number of carbonyl (C=O) groups excluding carboxylic acids is 2. The number of ether oxygens (including phenoxy) is 1. The number of halogens is 1. The monoisotopic (exact) mass is 413 g/mol. The minimum atomic E-state index is -0.811. The summed E-state index contributed by atoms with van der Waals surface area (Å²) in [7, 11) is 1.43. The van der Waals surface area contributed by atoms with Crippen molar-refractivity contribution in [3.8, 4) is 17.2 Å². The second kappa shape index (κ2) is 8.15. The Bertz CT molecular complexity index is 1170. The smallest absolute Gasteiger partial charge is 0.280 e. The van der Waals surface area contributed by atoms with E-state index in [2.05, 4.69) is 10.4 Å². The molecule has 0 spiro atoms. The van der Waals surface area contributed by atoms with Crippen molar-refractivity contribution < 1.29 is 19.4 Å². The second-order valence-electron chi connectivity index (χ2n) is 6.01. The van der Waals surface area contributed by atoms with Crippen LogP contribution in [0.15, 0.2) is 53.3 Å². The molecule has 0 aliphatic rings. The van der Waals surface area contributed by atoms with Crippen molar-refractivity contribution in [2.75, 3.05) is 12.4 Å². The number of aromatic nitrogens is 2. The summed E-state index contributed by atoms with van der Waals surface area (Å²) >= 11 is 6.08. The molecule has 0 saturated heterocycles. The maximum atomic E-state index is 12.7. The number of amides is 1. The van der Waals surface area contributed by atoms with E-state index in [1.165, 1.54) is 32.2 Å². The predicted molar refractivity (Wildman–Crippen MR) is 107 cm³/mol. The Hall–Kier alpha value is -3.65. The van der Waals surface area contributed by atoms with Gasteiger partial charge in [0, 0.05) is 11.6 Å². The predicted octanol–water partition coefficient (Wildman–Crippen LogP) is 3.06. The Kier molecular flexibility index (Phi) is 5.65. The Morgan fingerprint density at radius 2 is 1.90 bits per heavy atom. The van der Waals surface area contributed by atoms with Crippen LogP contribution in [0.2, 0.25) is 5.02 Å². The number of para-hydroxylation sites is 2. The zero-order chi connectivity index (χ0) is 21.1. The lowest BCUT2D eigenvalue weighted by molar-refractivity contribution is 0.100. The fraction of sp³-hybridized carbons (Fsp3) is 0.100. The van der Waals surface area contributed by atoms with Gasteiger partial charge in [0.1, 0.15) is 11.4 Å². The van der Waals surface area contributed by atoms with E-state index >= 15 is 0 Å². The fourth-order valence-corrected chi connectivity index (χ4v) is 2.77. The minimum Gasteiger partial charge on any atom is -0.505 e. The average molecular weight is 414 g/mol. The number of hydrogen-bond acceptors (Lipinski definition) is 6. The number of anilines is 1. The number of nitrogens with zero attached hydrogens (tertiary/aromatic N) is 2. The highest BCUT2D eigenvalue weighted by molar-refractivity contribution is 6.34. The molecule has 0 unspecified atom stereocenters. The molecule has 2 aromatic carbocycles. The van der Waals surface area contributed by atoms with Gasteiger partial charge < -0.3 is 15.2 Å². The average Bonchev–Trinajstić information content (AvgIpc) is 2.69. The van der Waals surface area contributed by atoms with Gasteiger partial charge >= 0.3 is 0 Å². The molecule has 0 radical (unpaired) electrons. The summed E-state index contributed by atoms with van der Waals surface area (Å²) in [5, 5.41) is 16.8. The van der Waals surface area contributed by atoms with Crippen LogP contribution in [-0.2, 0) is 0 Å². The number of Topliss-reactive ketones (excluding diaryl/α,β-unsaturated/α-hetero) is 1. The summed E-state index contributed by atoms with van der Waals surface area (Å²) in [6.45, 7) is 1.38. The largest absolute Gasteiger partial charge is 0.505 e. The fourth-order valence-electron chi connectivity index (χ4n) is 2.61. The van der Waals surface area contributed by atoms with E-state index < -0.39 is 22.9 Å². The van der Waals surface area contributed by atoms with Crippen LogP contribution in [0.1, 0.15) is 27.8 Å². The highest BCUT2D eigenvalue weighted by Gasteiger charge is 2.19. The molecule has 8 nitrogen and oxygen atoms in total. The Labute approximate surface area is 170 Å². The highest BCUT2D eigenvalue weighted by atomic mass is 35.5. The lowest BCUT2D eigenvalue weighted by Gasteiger charge is -2.12. The van der Waals surface area contributed by atoms with Gasteiger partial charge in [-0.05, 0) is 37.3 Å². The van der Waals surface area contributed by atoms with Crippen LogP contribution in [0.4, 0.5) is 5.69 Å². The number of aromatic hydroxyl groups is 1. The van der Waals surface area contributed by atoms with Gasteiger partial charge in [-0.25, -0.2) is 0 Å². The SMILES string of the molecule is COc1ccccc1-n1nc(C(=O)Nc2cc(C(C)=O)ccc2Cl)c(O)cc1=O. The molecule has 1 amide bonds. The third-order valence-corrected chi connectivity index (χ3v) is 4.39. The van der Waals surface area contributed by atoms with E-state index in [1.807, 2.05) is 0 Å². The molecule has 3 rings (SSSR count). The molecule has 1 heterocycles. The maximum absolute atomic E-state index is 12.7. The van der Waals surface area contributed by atoms with Crippen LogP contribution in [0.25, 0.3) is 5.69 Å². The van der Waals surface area contributed by atoms with Crippen LogP contribution >= 0.6 is 11.6 Å². The van der Waals surface area contributed by atoms with Gasteiger partial charge in [0.25, 0.3) is 11.5 Å². The second-order valence-corrected chi connectivity index (χ2v) is 6.41. The van der Waals surface area contributed by atoms with Gasteiger partial charge in [-0.3, -0.25) is 14.4 Å². The van der Waals surface area contributed by atoms with Crippen molar-refractivity contribution in [2.45, 2.75) is 6.92 Å². The van der Waals surface area contributed by atoms with Gasteiger partial charge in [0.15, 0.2) is 17.2 Å². The van der Waals surface area contributed by atoms with Crippen molar-refractivity contribution >= 4 is 29.0 Å². The summed E-state index contributed by atoms with van der Waals surface area (Å²) in [4.78, 5) is 36.6. The molecule has 0 aliphatic heterocycles. The van der Waals surface area contributed by atoms with Crippen molar-refractivity contribution in [1.29, 1.82) is 0 Å². The molecule has 9 heteroatoms. The van der Waals surface area contributed by atoms with Gasteiger partial charge in [0.2, 0.25) is 0 Å². The summed E-state index contributed by atoms with van der Waals surface area (Å²) < 4.78 is 6.17. The van der Waals surface area contributed by atoms with Gasteiger partial charge in [-0.2, -0.15) is 9.78 Å². The van der Waals surface area contributed by atoms with Gasteiger partial charge in [0.05, 0.1) is 17.8 Å². The molecule has 0 aliphatic carbocycles. The molecule has 0 fully saturated rings. The Balaban J connectivity index is 2.04. The van der Waals surface area contributed by atoms with Crippen molar-refractivity contribution in [1.82, 2.24) is 9.78 Å². The number of carbonyl (C=O) groups is 2. The third-order valence-electron chi connectivity index (χ3n) is 4.06. The van der Waals surface area contributed by atoms with Crippen LogP contribution in [0.3, 0.4) is 0 Å². The number of rotatable bonds is 5. The number of ketones is 1. The molecular weight excluding hydrogens is 398 g/mol. The first-order chi connectivity index (χ1) is 13.8. The minimum absolute atomic E-state index is 0.167. The van der Waals surface area contributed by atoms with E-state index in [0.717, 1.165) is 10.7 Å². The van der Waals surface area contributed by atoms with Gasteiger partial charge in [-0.1, -0.05) is 23.7 Å². The van der Waals surface area contributed by atoms with Crippen molar-refractivity contribution in [3.63, 3.8) is 0 Å². The molecule has 29 heavy (non-hydrogen) atoms. The summed E-state index contributed by atoms with van der Waals surface area (Å²) in [6, 6.07) is 11.9. The van der Waals surface area contributed by atoms with Crippen LogP contribution in [-0.4, -0.2) is 33.7 Å². The molecule has 2 N–H and O–H groups in total. The maximum Gasteiger partial charge on any atom is 0.280 e. The molecule has 0 saturated carbocycles. The number of hydrogen-bond donors (Lipinski definition) is 2. The third kappa shape index (κ3) is 4.12. The quantitative estimate of drug-likeness (QED) is 0.622. The molecule has 148 valence electrons. The van der Waals surface area contributed by atoms with E-state index in [-0.39, 0.29) is 16.5 Å². The molecule has 0 bridgehead atoms. The first-order valence-electron chi connectivity index (χ1n) is 8.40. The van der Waals surface area contributed by atoms with E-state index in [1.54, 1.807) is 24.3 Å². The normalized spacial score (nSPS) is 10.4. The summed E-state index contributed by atoms with van der Waals surface area (Å²) in [5.74, 6) is -1.26. The molecule has 0 atom stereocenters. The molecule has 1 aromatic heterocycles. The number of methoxy groups -OCH3 is 1. The lowest BCUT2D eigenvalue weighted by atomic mass is 10.1. The van der Waals surface area contributed by atoms with E-state index in [0.29, 0.717) is 17.0 Å². The highest BCUT2D eigenvalue weighted by Crippen LogP contribution is 2.25. The van der Waals surface area contributed by atoms with Crippen molar-refractivity contribution in [2.24, 2.45) is 0 Å². The lowest BCUT2D eigenvalue weighted by Crippen LogP contribution is -2.25. The molecular formula is C20H16ClN3O5. The first-order valence-corrected chi connectivity index (χ1v) is 8.78. The van der Waals surface area contributed by atoms with Gasteiger partial charge in [-0.15, -0.1) is 0 Å². The summed E-state index contributed by atoms with van der Waals surface area (Å²) in [5.41, 5.74) is -0.243. The van der Waals surface area contributed by atoms with Crippen LogP contribution in [0, 0.1) is 0 Å². The van der Waals surface area contributed by atoms with E-state index in [9.17, 15) is 19.5 Å². The van der Waals surface area contributed by atoms with E-state index in [4.69, 9.17) is 16.3 Å². The Morgan fingerprint density at radius 1 is 1.17 bits per heavy atom. The van der Waals surface area contributed by atoms with Crippen molar-refractivity contribution in [3.05, 3.63) is 75.2 Å². The zero-order valence-electron chi connectivity index (χ0n) is 15.5. The van der Waals surface area contributed by atoms with Crippen LogP contribution in [0.5, 0.6) is 11.5 Å². The molecule has 3 aromatic rings. The standard InChI is InChI=1S/C20H16ClN3O5/c1-11(25)12-7-8-13(21)14(9-12)22-20(28)19-16(26)10-18(27)24(23-19)15-5-3-4-6-17(15)29-2/h3-10,26H,1-2H3,(H,22,28). The topological polar surface area (TPSA) is 111 Å². The Morgan fingerprint density at radius 3 is 2.59 bits per heavy atom. The van der Waals surface area contributed by atoms with Crippen LogP contribution < -0.4 is 15.6 Å². The zero-order valence-corrected chi connectivity index (χ0v) is 16.2. The number of benzene rings is 2. The first kappa shape index (κ1) is 20.1.